The monoisotopic (exact) mass is 414 g/mol. The molecule has 5 rings (SSSR count). The maximum atomic E-state index is 13.0. The van der Waals surface area contributed by atoms with E-state index in [0.29, 0.717) is 35.8 Å². The van der Waals surface area contributed by atoms with Gasteiger partial charge in [0, 0.05) is 43.4 Å². The Balaban J connectivity index is 1.36. The normalized spacial score (nSPS) is 32.2. The topological polar surface area (TPSA) is 89.3 Å². The van der Waals surface area contributed by atoms with Crippen LogP contribution in [0.3, 0.4) is 0 Å². The standard InChI is InChI=1S/C23H34N4O3/c28-21-8-4-7-19-17-10-18(20(27(19)21)9-15-5-2-1-3-6-15)14-26(13-17)22(29)11-16-12-24-25-23(16)30/h12,15,17-20H,1-11,13-14H2,(H2,24,25,30)/t17-,18+,19+,20+/m1/s1. The van der Waals surface area contributed by atoms with Crippen LogP contribution in [-0.4, -0.2) is 57.0 Å². The van der Waals surface area contributed by atoms with Crippen molar-refractivity contribution in [1.82, 2.24) is 20.0 Å². The molecule has 4 heterocycles. The molecule has 30 heavy (non-hydrogen) atoms. The number of aromatic amines is 2. The van der Waals surface area contributed by atoms with Gasteiger partial charge < -0.3 is 14.9 Å². The van der Waals surface area contributed by atoms with Crippen LogP contribution in [0.5, 0.6) is 0 Å². The lowest BCUT2D eigenvalue weighted by Gasteiger charge is -2.57. The average Bonchev–Trinajstić information content (AvgIpc) is 3.16. The molecule has 0 spiro atoms. The van der Waals surface area contributed by atoms with E-state index in [1.807, 2.05) is 4.90 Å². The molecule has 0 aromatic carbocycles. The minimum Gasteiger partial charge on any atom is -0.342 e. The Bertz CT molecular complexity index is 840. The van der Waals surface area contributed by atoms with Gasteiger partial charge in [-0.05, 0) is 43.4 Å². The molecular formula is C23H34N4O3. The Morgan fingerprint density at radius 3 is 2.60 bits per heavy atom. The summed E-state index contributed by atoms with van der Waals surface area (Å²) < 4.78 is 0. The Kier molecular flexibility index (Phi) is 5.46. The molecule has 0 radical (unpaired) electrons. The summed E-state index contributed by atoms with van der Waals surface area (Å²) in [5.41, 5.74) is 0.295. The van der Waals surface area contributed by atoms with Crippen molar-refractivity contribution in [1.29, 1.82) is 0 Å². The van der Waals surface area contributed by atoms with E-state index in [1.165, 1.54) is 32.1 Å². The Morgan fingerprint density at radius 1 is 1.03 bits per heavy atom. The zero-order valence-corrected chi connectivity index (χ0v) is 17.8. The molecule has 2 bridgehead atoms. The van der Waals surface area contributed by atoms with Crippen LogP contribution in [0.15, 0.2) is 11.0 Å². The van der Waals surface area contributed by atoms with Gasteiger partial charge in [-0.3, -0.25) is 19.5 Å². The summed E-state index contributed by atoms with van der Waals surface area (Å²) in [6.07, 6.45) is 13.3. The van der Waals surface area contributed by atoms with Crippen molar-refractivity contribution in [2.75, 3.05) is 13.1 Å². The Labute approximate surface area is 177 Å². The molecule has 0 unspecified atom stereocenters. The fourth-order valence-corrected chi connectivity index (χ4v) is 6.79. The summed E-state index contributed by atoms with van der Waals surface area (Å²) in [7, 11) is 0. The van der Waals surface area contributed by atoms with Crippen LogP contribution >= 0.6 is 0 Å². The number of carbonyl (C=O) groups excluding carboxylic acids is 2. The van der Waals surface area contributed by atoms with Crippen LogP contribution in [0, 0.1) is 17.8 Å². The van der Waals surface area contributed by atoms with Crippen molar-refractivity contribution >= 4 is 11.8 Å². The number of rotatable bonds is 4. The highest BCUT2D eigenvalue weighted by atomic mass is 16.2. The van der Waals surface area contributed by atoms with Gasteiger partial charge in [0.25, 0.3) is 5.56 Å². The number of nitrogens with one attached hydrogen (secondary N) is 2. The minimum absolute atomic E-state index is 0.0433. The van der Waals surface area contributed by atoms with Gasteiger partial charge in [0.1, 0.15) is 0 Å². The van der Waals surface area contributed by atoms with Crippen LogP contribution in [-0.2, 0) is 16.0 Å². The first-order valence-corrected chi connectivity index (χ1v) is 11.9. The molecule has 7 heteroatoms. The minimum atomic E-state index is -0.209. The molecule has 7 nitrogen and oxygen atoms in total. The van der Waals surface area contributed by atoms with Crippen LogP contribution in [0.1, 0.15) is 69.8 Å². The van der Waals surface area contributed by atoms with Gasteiger partial charge in [0.05, 0.1) is 6.42 Å². The number of hydrogen-bond acceptors (Lipinski definition) is 3. The van der Waals surface area contributed by atoms with E-state index in [0.717, 1.165) is 44.7 Å². The van der Waals surface area contributed by atoms with Gasteiger partial charge in [-0.25, -0.2) is 0 Å². The lowest BCUT2D eigenvalue weighted by Crippen LogP contribution is -2.65. The van der Waals surface area contributed by atoms with Crippen LogP contribution in [0.4, 0.5) is 0 Å². The first-order chi connectivity index (χ1) is 14.6. The molecule has 4 fully saturated rings. The Hall–Kier alpha value is -2.05. The number of hydrogen-bond donors (Lipinski definition) is 2. The third-order valence-corrected chi connectivity index (χ3v) is 8.21. The zero-order chi connectivity index (χ0) is 20.7. The molecule has 3 saturated heterocycles. The number of amides is 2. The summed E-state index contributed by atoms with van der Waals surface area (Å²) >= 11 is 0. The van der Waals surface area contributed by atoms with Gasteiger partial charge in [-0.15, -0.1) is 0 Å². The van der Waals surface area contributed by atoms with Gasteiger partial charge in [-0.1, -0.05) is 32.1 Å². The van der Waals surface area contributed by atoms with Crippen molar-refractivity contribution in [3.8, 4) is 0 Å². The fourth-order valence-electron chi connectivity index (χ4n) is 6.79. The van der Waals surface area contributed by atoms with E-state index in [1.54, 1.807) is 6.20 Å². The van der Waals surface area contributed by atoms with Gasteiger partial charge in [0.2, 0.25) is 11.8 Å². The summed E-state index contributed by atoms with van der Waals surface area (Å²) in [4.78, 5) is 42.1. The number of fused-ring (bicyclic) bond motifs is 4. The highest BCUT2D eigenvalue weighted by Crippen LogP contribution is 2.44. The number of nitrogens with zero attached hydrogens (tertiary/aromatic N) is 2. The van der Waals surface area contributed by atoms with Crippen molar-refractivity contribution in [2.45, 2.75) is 82.7 Å². The van der Waals surface area contributed by atoms with Crippen LogP contribution in [0.2, 0.25) is 0 Å². The highest BCUT2D eigenvalue weighted by molar-refractivity contribution is 5.79. The summed E-state index contributed by atoms with van der Waals surface area (Å²) in [5, 5.41) is 5.20. The first-order valence-electron chi connectivity index (χ1n) is 11.9. The number of H-pyrrole nitrogens is 2. The number of aromatic nitrogens is 2. The fraction of sp³-hybridized carbons (Fsp3) is 0.783. The smallest absolute Gasteiger partial charge is 0.267 e. The van der Waals surface area contributed by atoms with E-state index in [2.05, 4.69) is 15.1 Å². The quantitative estimate of drug-likeness (QED) is 0.793. The third kappa shape index (κ3) is 3.71. The van der Waals surface area contributed by atoms with Crippen LogP contribution in [0.25, 0.3) is 0 Å². The van der Waals surface area contributed by atoms with Gasteiger partial charge in [-0.2, -0.15) is 0 Å². The number of carbonyl (C=O) groups is 2. The highest BCUT2D eigenvalue weighted by Gasteiger charge is 2.50. The lowest BCUT2D eigenvalue weighted by atomic mass is 9.69. The molecule has 2 N–H and O–H groups in total. The predicted molar refractivity (Wildman–Crippen MR) is 113 cm³/mol. The average molecular weight is 415 g/mol. The van der Waals surface area contributed by atoms with Gasteiger partial charge in [0.15, 0.2) is 0 Å². The number of likely N-dealkylation sites (tertiary alicyclic amines) is 1. The molecule has 3 aliphatic heterocycles. The molecule has 1 aromatic rings. The maximum absolute atomic E-state index is 13.0. The third-order valence-electron chi connectivity index (χ3n) is 8.21. The van der Waals surface area contributed by atoms with Crippen molar-refractivity contribution < 1.29 is 9.59 Å². The summed E-state index contributed by atoms with van der Waals surface area (Å²) in [6, 6.07) is 0.579. The van der Waals surface area contributed by atoms with Crippen molar-refractivity contribution in [3.05, 3.63) is 22.1 Å². The number of piperidine rings is 3. The van der Waals surface area contributed by atoms with Crippen LogP contribution < -0.4 is 5.56 Å². The SMILES string of the molecule is O=C(Cc1c[nH][nH]c1=O)N1C[C@H]2C[C@@H](C1)[C@H](CC1CCCCC1)N1C(=O)CCC[C@@H]21. The zero-order valence-electron chi connectivity index (χ0n) is 17.8. The van der Waals surface area contributed by atoms with E-state index in [9.17, 15) is 14.4 Å². The largest absolute Gasteiger partial charge is 0.342 e. The molecule has 1 aliphatic carbocycles. The molecule has 2 amide bonds. The second-order valence-electron chi connectivity index (χ2n) is 10.1. The summed E-state index contributed by atoms with van der Waals surface area (Å²) in [6.45, 7) is 1.45. The van der Waals surface area contributed by atoms with Gasteiger partial charge >= 0.3 is 0 Å². The summed E-state index contributed by atoms with van der Waals surface area (Å²) in [5.74, 6) is 1.86. The van der Waals surface area contributed by atoms with Crippen molar-refractivity contribution in [3.63, 3.8) is 0 Å². The second kappa shape index (κ2) is 8.23. The van der Waals surface area contributed by atoms with E-state index >= 15 is 0 Å². The van der Waals surface area contributed by atoms with E-state index in [-0.39, 0.29) is 23.9 Å². The molecule has 4 aliphatic rings. The lowest BCUT2D eigenvalue weighted by molar-refractivity contribution is -0.157. The molecule has 1 saturated carbocycles. The first kappa shape index (κ1) is 19.9. The van der Waals surface area contributed by atoms with E-state index < -0.39 is 0 Å². The van der Waals surface area contributed by atoms with Crippen molar-refractivity contribution in [2.24, 2.45) is 17.8 Å². The molecule has 1 aromatic heterocycles. The molecular weight excluding hydrogens is 380 g/mol. The molecule has 4 atom stereocenters. The maximum Gasteiger partial charge on any atom is 0.267 e. The second-order valence-corrected chi connectivity index (χ2v) is 10.1. The molecule has 164 valence electrons. The predicted octanol–water partition coefficient (Wildman–Crippen LogP) is 2.44. The Morgan fingerprint density at radius 2 is 1.83 bits per heavy atom. The van der Waals surface area contributed by atoms with E-state index in [4.69, 9.17) is 0 Å².